The highest BCUT2D eigenvalue weighted by Crippen LogP contribution is 2.14. The van der Waals surface area contributed by atoms with Crippen molar-refractivity contribution in [3.63, 3.8) is 0 Å². The van der Waals surface area contributed by atoms with Crippen molar-refractivity contribution in [2.45, 2.75) is 71.8 Å². The normalized spacial score (nSPS) is 12.0. The van der Waals surface area contributed by atoms with Gasteiger partial charge in [0.1, 0.15) is 0 Å². The molecule has 80 valence electrons. The molecule has 0 saturated carbocycles. The highest BCUT2D eigenvalue weighted by Gasteiger charge is 2.13. The van der Waals surface area contributed by atoms with Crippen LogP contribution in [-0.4, -0.2) is 12.2 Å². The van der Waals surface area contributed by atoms with Gasteiger partial charge in [-0.25, -0.2) is 0 Å². The number of hydrogen-bond donors (Lipinski definition) is 0. The minimum absolute atomic E-state index is 0.0881. The van der Waals surface area contributed by atoms with Gasteiger partial charge in [-0.1, -0.05) is 39.5 Å². The summed E-state index contributed by atoms with van der Waals surface area (Å²) in [4.78, 5) is 0. The van der Waals surface area contributed by atoms with E-state index in [0.29, 0.717) is 0 Å². The number of rotatable bonds is 8. The van der Waals surface area contributed by atoms with Gasteiger partial charge in [0, 0.05) is 6.61 Å². The summed E-state index contributed by atoms with van der Waals surface area (Å²) in [5.74, 6) is 0. The molecule has 0 fully saturated rings. The molecule has 0 atom stereocenters. The van der Waals surface area contributed by atoms with Gasteiger partial charge in [0.05, 0.1) is 5.60 Å². The molecule has 0 aromatic carbocycles. The van der Waals surface area contributed by atoms with Gasteiger partial charge in [0.2, 0.25) is 0 Å². The third-order valence-electron chi connectivity index (χ3n) is 2.59. The molecule has 0 aliphatic carbocycles. The van der Waals surface area contributed by atoms with Crippen LogP contribution in [0.2, 0.25) is 0 Å². The van der Waals surface area contributed by atoms with E-state index in [1.807, 2.05) is 0 Å². The molecule has 13 heavy (non-hydrogen) atoms. The smallest absolute Gasteiger partial charge is 0.0623 e. The van der Waals surface area contributed by atoms with Crippen molar-refractivity contribution in [1.29, 1.82) is 0 Å². The molecule has 0 rings (SSSR count). The van der Waals surface area contributed by atoms with E-state index >= 15 is 0 Å². The van der Waals surface area contributed by atoms with Gasteiger partial charge < -0.3 is 4.74 Å². The molecule has 0 aliphatic heterocycles. The highest BCUT2D eigenvalue weighted by atomic mass is 16.5. The zero-order chi connectivity index (χ0) is 10.2. The summed E-state index contributed by atoms with van der Waals surface area (Å²) < 4.78 is 5.76. The van der Waals surface area contributed by atoms with Gasteiger partial charge in [-0.05, 0) is 26.7 Å². The average Bonchev–Trinajstić information content (AvgIpc) is 2.11. The molecule has 0 aliphatic rings. The van der Waals surface area contributed by atoms with E-state index in [-0.39, 0.29) is 5.60 Å². The van der Waals surface area contributed by atoms with Crippen LogP contribution in [0.15, 0.2) is 0 Å². The lowest BCUT2D eigenvalue weighted by Crippen LogP contribution is -2.23. The minimum Gasteiger partial charge on any atom is -0.376 e. The number of ether oxygens (including phenoxy) is 1. The fraction of sp³-hybridized carbons (Fsp3) is 1.00. The quantitative estimate of drug-likeness (QED) is 0.517. The molecule has 1 heteroatoms. The molecule has 0 unspecified atom stereocenters. The van der Waals surface area contributed by atoms with Crippen LogP contribution < -0.4 is 0 Å². The Kier molecular flexibility index (Phi) is 7.35. The summed E-state index contributed by atoms with van der Waals surface area (Å²) in [6.45, 7) is 9.69. The van der Waals surface area contributed by atoms with Crippen LogP contribution in [0.3, 0.4) is 0 Å². The van der Waals surface area contributed by atoms with Gasteiger partial charge in [0.15, 0.2) is 0 Å². The first-order chi connectivity index (χ1) is 6.12. The second-order valence-corrected chi connectivity index (χ2v) is 4.38. The summed E-state index contributed by atoms with van der Waals surface area (Å²) in [6.07, 6.45) is 7.71. The van der Waals surface area contributed by atoms with E-state index in [1.165, 1.54) is 32.1 Å². The minimum atomic E-state index is 0.0881. The Labute approximate surface area is 83.9 Å². The van der Waals surface area contributed by atoms with E-state index < -0.39 is 0 Å². The lowest BCUT2D eigenvalue weighted by molar-refractivity contribution is -0.0216. The van der Waals surface area contributed by atoms with Gasteiger partial charge >= 0.3 is 0 Å². The fourth-order valence-electron chi connectivity index (χ4n) is 1.16. The van der Waals surface area contributed by atoms with E-state index in [0.717, 1.165) is 13.0 Å². The first-order valence-corrected chi connectivity index (χ1v) is 5.76. The molecular formula is C12H26O. The van der Waals surface area contributed by atoms with Gasteiger partial charge in [-0.2, -0.15) is 0 Å². The molecule has 0 spiro atoms. The number of unbranched alkanes of at least 4 members (excludes halogenated alkanes) is 4. The van der Waals surface area contributed by atoms with E-state index in [4.69, 9.17) is 4.74 Å². The van der Waals surface area contributed by atoms with E-state index in [2.05, 4.69) is 27.7 Å². The largest absolute Gasteiger partial charge is 0.376 e. The Hall–Kier alpha value is -0.0400. The van der Waals surface area contributed by atoms with Crippen molar-refractivity contribution < 1.29 is 4.74 Å². The fourth-order valence-corrected chi connectivity index (χ4v) is 1.16. The molecule has 0 aromatic heterocycles. The van der Waals surface area contributed by atoms with E-state index in [1.54, 1.807) is 0 Å². The Morgan fingerprint density at radius 1 is 0.923 bits per heavy atom. The van der Waals surface area contributed by atoms with Crippen molar-refractivity contribution >= 4 is 0 Å². The lowest BCUT2D eigenvalue weighted by Gasteiger charge is -2.23. The monoisotopic (exact) mass is 186 g/mol. The molecule has 0 heterocycles. The van der Waals surface area contributed by atoms with Crippen LogP contribution in [0.4, 0.5) is 0 Å². The molecule has 1 nitrogen and oxygen atoms in total. The Balaban J connectivity index is 3.16. The van der Waals surface area contributed by atoms with Crippen LogP contribution in [0.1, 0.15) is 66.2 Å². The maximum atomic E-state index is 5.76. The van der Waals surface area contributed by atoms with Crippen molar-refractivity contribution in [2.75, 3.05) is 6.61 Å². The molecule has 0 bridgehead atoms. The molecular weight excluding hydrogens is 160 g/mol. The highest BCUT2D eigenvalue weighted by molar-refractivity contribution is 4.64. The predicted molar refractivity (Wildman–Crippen MR) is 59.1 cm³/mol. The standard InChI is InChI=1S/C12H26O/c1-5-7-8-9-10-11-13-12(3,4)6-2/h5-11H2,1-4H3. The van der Waals surface area contributed by atoms with Crippen LogP contribution in [0, 0.1) is 0 Å². The van der Waals surface area contributed by atoms with Crippen LogP contribution in [0.25, 0.3) is 0 Å². The summed E-state index contributed by atoms with van der Waals surface area (Å²) in [6, 6.07) is 0. The van der Waals surface area contributed by atoms with Crippen molar-refractivity contribution in [1.82, 2.24) is 0 Å². The Morgan fingerprint density at radius 2 is 1.54 bits per heavy atom. The Morgan fingerprint density at radius 3 is 2.08 bits per heavy atom. The lowest BCUT2D eigenvalue weighted by atomic mass is 10.1. The Bertz CT molecular complexity index is 108. The topological polar surface area (TPSA) is 9.23 Å². The van der Waals surface area contributed by atoms with Crippen molar-refractivity contribution in [3.8, 4) is 0 Å². The average molecular weight is 186 g/mol. The molecule has 0 N–H and O–H groups in total. The molecule has 0 amide bonds. The summed E-state index contributed by atoms with van der Waals surface area (Å²) >= 11 is 0. The van der Waals surface area contributed by atoms with Crippen molar-refractivity contribution in [2.24, 2.45) is 0 Å². The van der Waals surface area contributed by atoms with Gasteiger partial charge in [-0.3, -0.25) is 0 Å². The van der Waals surface area contributed by atoms with Crippen LogP contribution >= 0.6 is 0 Å². The maximum Gasteiger partial charge on any atom is 0.0623 e. The van der Waals surface area contributed by atoms with Crippen LogP contribution in [0.5, 0.6) is 0 Å². The molecule has 0 aromatic rings. The predicted octanol–water partition coefficient (Wildman–Crippen LogP) is 4.16. The summed E-state index contributed by atoms with van der Waals surface area (Å²) in [7, 11) is 0. The number of hydrogen-bond acceptors (Lipinski definition) is 1. The first-order valence-electron chi connectivity index (χ1n) is 5.76. The summed E-state index contributed by atoms with van der Waals surface area (Å²) in [5, 5.41) is 0. The third kappa shape index (κ3) is 8.29. The second-order valence-electron chi connectivity index (χ2n) is 4.38. The third-order valence-corrected chi connectivity index (χ3v) is 2.59. The van der Waals surface area contributed by atoms with E-state index in [9.17, 15) is 0 Å². The molecule has 0 radical (unpaired) electrons. The second kappa shape index (κ2) is 7.37. The van der Waals surface area contributed by atoms with Crippen LogP contribution in [-0.2, 0) is 4.74 Å². The SMILES string of the molecule is CCCCCCCOC(C)(C)CC. The summed E-state index contributed by atoms with van der Waals surface area (Å²) in [5.41, 5.74) is 0.0881. The first kappa shape index (κ1) is 13.0. The zero-order valence-electron chi connectivity index (χ0n) is 9.86. The van der Waals surface area contributed by atoms with Gasteiger partial charge in [0.25, 0.3) is 0 Å². The van der Waals surface area contributed by atoms with Gasteiger partial charge in [-0.15, -0.1) is 0 Å². The molecule has 0 saturated heterocycles. The van der Waals surface area contributed by atoms with Crippen molar-refractivity contribution in [3.05, 3.63) is 0 Å². The maximum absolute atomic E-state index is 5.76. The zero-order valence-corrected chi connectivity index (χ0v) is 9.86.